The number of carbonyl (C=O) groups excluding carboxylic acids is 1. The van der Waals surface area contributed by atoms with E-state index in [9.17, 15) is 4.79 Å². The van der Waals surface area contributed by atoms with Gasteiger partial charge in [-0.3, -0.25) is 4.98 Å². The number of nitrogens with one attached hydrogen (secondary N) is 2. The van der Waals surface area contributed by atoms with Gasteiger partial charge in [-0.05, 0) is 20.8 Å². The molecule has 1 aromatic rings. The molecule has 0 saturated heterocycles. The first kappa shape index (κ1) is 13.2. The topological polar surface area (TPSA) is 76.1 Å². The van der Waals surface area contributed by atoms with Crippen molar-refractivity contribution < 1.29 is 9.53 Å². The van der Waals surface area contributed by atoms with Crippen LogP contribution in [-0.2, 0) is 4.74 Å². The third-order valence-electron chi connectivity index (χ3n) is 1.66. The zero-order valence-electron chi connectivity index (χ0n) is 10.4. The Balaban J connectivity index is 2.14. The normalized spacial score (nSPS) is 10.8. The van der Waals surface area contributed by atoms with Crippen LogP contribution in [0.2, 0.25) is 0 Å². The van der Waals surface area contributed by atoms with Gasteiger partial charge in [-0.15, -0.1) is 0 Å². The van der Waals surface area contributed by atoms with E-state index in [-0.39, 0.29) is 0 Å². The Kier molecular flexibility index (Phi) is 4.68. The highest BCUT2D eigenvalue weighted by molar-refractivity contribution is 5.67. The lowest BCUT2D eigenvalue weighted by molar-refractivity contribution is 0.0530. The highest BCUT2D eigenvalue weighted by Crippen LogP contribution is 2.06. The van der Waals surface area contributed by atoms with E-state index < -0.39 is 11.7 Å². The minimum atomic E-state index is -0.470. The largest absolute Gasteiger partial charge is 0.444 e. The van der Waals surface area contributed by atoms with Gasteiger partial charge in [0.25, 0.3) is 0 Å². The summed E-state index contributed by atoms with van der Waals surface area (Å²) in [5, 5.41) is 5.66. The van der Waals surface area contributed by atoms with E-state index in [2.05, 4.69) is 20.6 Å². The number of carbonyl (C=O) groups is 1. The Morgan fingerprint density at radius 2 is 2.12 bits per heavy atom. The Morgan fingerprint density at radius 1 is 1.35 bits per heavy atom. The number of amides is 1. The Labute approximate surface area is 101 Å². The number of alkyl carbamates (subject to hydrolysis) is 1. The molecule has 0 aliphatic rings. The van der Waals surface area contributed by atoms with E-state index in [1.54, 1.807) is 18.6 Å². The van der Waals surface area contributed by atoms with Gasteiger partial charge in [0.05, 0.1) is 6.20 Å². The second-order valence-electron chi connectivity index (χ2n) is 4.45. The highest BCUT2D eigenvalue weighted by Gasteiger charge is 2.15. The molecular weight excluding hydrogens is 220 g/mol. The molecule has 1 amide bonds. The average molecular weight is 238 g/mol. The molecule has 94 valence electrons. The second-order valence-corrected chi connectivity index (χ2v) is 4.45. The van der Waals surface area contributed by atoms with Crippen LogP contribution < -0.4 is 10.6 Å². The molecule has 0 spiro atoms. The standard InChI is InChI=1S/C11H18N4O2/c1-11(2,3)17-10(16)15-7-6-14-9-8-12-4-5-13-9/h4-5,8H,6-7H2,1-3H3,(H,13,14)(H,15,16). The van der Waals surface area contributed by atoms with Crippen LogP contribution in [0.3, 0.4) is 0 Å². The van der Waals surface area contributed by atoms with E-state index in [1.807, 2.05) is 20.8 Å². The highest BCUT2D eigenvalue weighted by atomic mass is 16.6. The third-order valence-corrected chi connectivity index (χ3v) is 1.66. The molecule has 1 heterocycles. The summed E-state index contributed by atoms with van der Waals surface area (Å²) >= 11 is 0. The molecule has 0 aliphatic heterocycles. The fourth-order valence-electron chi connectivity index (χ4n) is 1.06. The Hall–Kier alpha value is -1.85. The van der Waals surface area contributed by atoms with Crippen molar-refractivity contribution in [3.63, 3.8) is 0 Å². The molecular formula is C11H18N4O2. The summed E-state index contributed by atoms with van der Waals surface area (Å²) in [5.74, 6) is 0.679. The summed E-state index contributed by atoms with van der Waals surface area (Å²) in [7, 11) is 0. The molecule has 2 N–H and O–H groups in total. The minimum absolute atomic E-state index is 0.418. The number of ether oxygens (including phenoxy) is 1. The van der Waals surface area contributed by atoms with Crippen molar-refractivity contribution in [1.29, 1.82) is 0 Å². The van der Waals surface area contributed by atoms with Crippen molar-refractivity contribution in [2.75, 3.05) is 18.4 Å². The van der Waals surface area contributed by atoms with E-state index in [4.69, 9.17) is 4.74 Å². The SMILES string of the molecule is CC(C)(C)OC(=O)NCCNc1cnccn1. The van der Waals surface area contributed by atoms with E-state index in [0.29, 0.717) is 18.9 Å². The molecule has 0 fully saturated rings. The number of hydrogen-bond donors (Lipinski definition) is 2. The molecule has 1 rings (SSSR count). The number of rotatable bonds is 4. The first-order valence-corrected chi connectivity index (χ1v) is 5.44. The fraction of sp³-hybridized carbons (Fsp3) is 0.545. The molecule has 0 aliphatic carbocycles. The average Bonchev–Trinajstić information content (AvgIpc) is 2.23. The first-order chi connectivity index (χ1) is 7.97. The van der Waals surface area contributed by atoms with Gasteiger partial charge in [-0.1, -0.05) is 0 Å². The van der Waals surface area contributed by atoms with Crippen molar-refractivity contribution in [1.82, 2.24) is 15.3 Å². The minimum Gasteiger partial charge on any atom is -0.444 e. The molecule has 0 aromatic carbocycles. The van der Waals surface area contributed by atoms with Crippen LogP contribution in [-0.4, -0.2) is 34.8 Å². The van der Waals surface area contributed by atoms with Gasteiger partial charge in [-0.2, -0.15) is 0 Å². The van der Waals surface area contributed by atoms with Gasteiger partial charge in [0.15, 0.2) is 0 Å². The molecule has 0 saturated carbocycles. The van der Waals surface area contributed by atoms with Crippen LogP contribution in [0.1, 0.15) is 20.8 Å². The first-order valence-electron chi connectivity index (χ1n) is 5.44. The molecule has 0 radical (unpaired) electrons. The lowest BCUT2D eigenvalue weighted by atomic mass is 10.2. The number of anilines is 1. The van der Waals surface area contributed by atoms with Crippen LogP contribution in [0.25, 0.3) is 0 Å². The molecule has 0 atom stereocenters. The van der Waals surface area contributed by atoms with E-state index in [0.717, 1.165) is 0 Å². The smallest absolute Gasteiger partial charge is 0.407 e. The summed E-state index contributed by atoms with van der Waals surface area (Å²) in [6.07, 6.45) is 4.40. The quantitative estimate of drug-likeness (QED) is 0.776. The van der Waals surface area contributed by atoms with Crippen LogP contribution in [0, 0.1) is 0 Å². The van der Waals surface area contributed by atoms with Crippen LogP contribution in [0.5, 0.6) is 0 Å². The summed E-state index contributed by atoms with van der Waals surface area (Å²) in [6.45, 7) is 6.50. The van der Waals surface area contributed by atoms with Crippen LogP contribution in [0.4, 0.5) is 10.6 Å². The molecule has 6 nitrogen and oxygen atoms in total. The fourth-order valence-corrected chi connectivity index (χ4v) is 1.06. The maximum absolute atomic E-state index is 11.3. The molecule has 6 heteroatoms. The molecule has 0 bridgehead atoms. The van der Waals surface area contributed by atoms with Gasteiger partial charge >= 0.3 is 6.09 Å². The number of hydrogen-bond acceptors (Lipinski definition) is 5. The summed E-state index contributed by atoms with van der Waals surface area (Å²) < 4.78 is 5.08. The van der Waals surface area contributed by atoms with Crippen molar-refractivity contribution in [2.45, 2.75) is 26.4 Å². The van der Waals surface area contributed by atoms with Crippen molar-refractivity contribution in [2.24, 2.45) is 0 Å². The summed E-state index contributed by atoms with van der Waals surface area (Å²) in [5.41, 5.74) is -0.470. The lowest BCUT2D eigenvalue weighted by Gasteiger charge is -2.19. The van der Waals surface area contributed by atoms with Gasteiger partial charge in [0, 0.05) is 25.5 Å². The van der Waals surface area contributed by atoms with Gasteiger partial charge in [0.2, 0.25) is 0 Å². The van der Waals surface area contributed by atoms with Gasteiger partial charge in [-0.25, -0.2) is 9.78 Å². The third kappa shape index (κ3) is 6.34. The zero-order valence-corrected chi connectivity index (χ0v) is 10.4. The maximum Gasteiger partial charge on any atom is 0.407 e. The van der Waals surface area contributed by atoms with Crippen molar-refractivity contribution in [3.8, 4) is 0 Å². The van der Waals surface area contributed by atoms with Gasteiger partial charge in [0.1, 0.15) is 11.4 Å². The molecule has 1 aromatic heterocycles. The van der Waals surface area contributed by atoms with Crippen LogP contribution >= 0.6 is 0 Å². The maximum atomic E-state index is 11.3. The van der Waals surface area contributed by atoms with Gasteiger partial charge < -0.3 is 15.4 Å². The van der Waals surface area contributed by atoms with Crippen molar-refractivity contribution in [3.05, 3.63) is 18.6 Å². The van der Waals surface area contributed by atoms with Crippen LogP contribution in [0.15, 0.2) is 18.6 Å². The summed E-state index contributed by atoms with van der Waals surface area (Å²) in [6, 6.07) is 0. The number of aromatic nitrogens is 2. The Morgan fingerprint density at radius 3 is 2.71 bits per heavy atom. The van der Waals surface area contributed by atoms with E-state index in [1.165, 1.54) is 0 Å². The second kappa shape index (κ2) is 6.03. The predicted molar refractivity (Wildman–Crippen MR) is 64.8 cm³/mol. The predicted octanol–water partition coefficient (Wildman–Crippen LogP) is 1.41. The van der Waals surface area contributed by atoms with Crippen molar-refractivity contribution >= 4 is 11.9 Å². The number of nitrogens with zero attached hydrogens (tertiary/aromatic N) is 2. The molecule has 0 unspecified atom stereocenters. The zero-order chi connectivity index (χ0) is 12.7. The monoisotopic (exact) mass is 238 g/mol. The summed E-state index contributed by atoms with van der Waals surface area (Å²) in [4.78, 5) is 19.2. The Bertz CT molecular complexity index is 348. The molecule has 17 heavy (non-hydrogen) atoms. The van der Waals surface area contributed by atoms with E-state index >= 15 is 0 Å². The lowest BCUT2D eigenvalue weighted by Crippen LogP contribution is -2.35.